The average molecular weight is 157 g/mol. The lowest BCUT2D eigenvalue weighted by Gasteiger charge is -2.02. The van der Waals surface area contributed by atoms with Crippen molar-refractivity contribution in [2.75, 3.05) is 6.54 Å². The highest BCUT2D eigenvalue weighted by molar-refractivity contribution is 5.82. The van der Waals surface area contributed by atoms with Crippen molar-refractivity contribution in [2.45, 2.75) is 12.1 Å². The molecule has 5 heteroatoms. The van der Waals surface area contributed by atoms with E-state index < -0.39 is 18.1 Å². The van der Waals surface area contributed by atoms with Gasteiger partial charge in [0.1, 0.15) is 18.1 Å². The predicted octanol–water partition coefficient (Wildman–Crippen LogP) is -1.84. The van der Waals surface area contributed by atoms with Crippen LogP contribution in [0.4, 0.5) is 0 Å². The number of rotatable bonds is 1. The van der Waals surface area contributed by atoms with Gasteiger partial charge in [-0.1, -0.05) is 0 Å². The maximum absolute atomic E-state index is 10.3. The summed E-state index contributed by atoms with van der Waals surface area (Å²) < 4.78 is 0. The zero-order chi connectivity index (χ0) is 8.43. The van der Waals surface area contributed by atoms with E-state index in [1.165, 1.54) is 5.94 Å². The van der Waals surface area contributed by atoms with Crippen molar-refractivity contribution in [3.63, 3.8) is 0 Å². The van der Waals surface area contributed by atoms with Crippen LogP contribution < -0.4 is 5.32 Å². The first-order chi connectivity index (χ1) is 5.16. The largest absolute Gasteiger partial charge is 0.480 e. The highest BCUT2D eigenvalue weighted by atomic mass is 16.4. The van der Waals surface area contributed by atoms with Gasteiger partial charge >= 0.3 is 5.97 Å². The number of carboxylic acids is 1. The van der Waals surface area contributed by atoms with Crippen LogP contribution >= 0.6 is 0 Å². The van der Waals surface area contributed by atoms with Crippen LogP contribution in [0.1, 0.15) is 0 Å². The van der Waals surface area contributed by atoms with Gasteiger partial charge in [-0.25, -0.2) is 4.79 Å². The first-order valence-corrected chi connectivity index (χ1v) is 3.06. The molecule has 3 N–H and O–H groups in total. The molecule has 1 fully saturated rings. The van der Waals surface area contributed by atoms with Gasteiger partial charge in [0.15, 0.2) is 0 Å². The van der Waals surface area contributed by atoms with Crippen LogP contribution in [0.15, 0.2) is 5.57 Å². The average Bonchev–Trinajstić information content (AvgIpc) is 2.30. The van der Waals surface area contributed by atoms with Crippen LogP contribution in [-0.2, 0) is 9.59 Å². The van der Waals surface area contributed by atoms with Gasteiger partial charge in [-0.15, -0.1) is 0 Å². The van der Waals surface area contributed by atoms with Gasteiger partial charge in [-0.05, 0) is 0 Å². The molecule has 1 heterocycles. The quantitative estimate of drug-likeness (QED) is 0.389. The normalized spacial score (nSPS) is 30.1. The van der Waals surface area contributed by atoms with E-state index in [2.05, 4.69) is 5.32 Å². The second kappa shape index (κ2) is 2.84. The molecule has 11 heavy (non-hydrogen) atoms. The maximum atomic E-state index is 10.3. The number of aliphatic hydroxyl groups excluding tert-OH is 1. The summed E-state index contributed by atoms with van der Waals surface area (Å²) in [5.41, 5.74) is -0.127. The van der Waals surface area contributed by atoms with Gasteiger partial charge in [0, 0.05) is 6.54 Å². The number of nitrogens with one attached hydrogen (secondary N) is 1. The van der Waals surface area contributed by atoms with E-state index in [-0.39, 0.29) is 12.1 Å². The van der Waals surface area contributed by atoms with Gasteiger partial charge in [0.25, 0.3) is 0 Å². The summed E-state index contributed by atoms with van der Waals surface area (Å²) in [6, 6.07) is -1.07. The second-order valence-corrected chi connectivity index (χ2v) is 2.25. The van der Waals surface area contributed by atoms with E-state index in [1.807, 2.05) is 0 Å². The monoisotopic (exact) mass is 157 g/mol. The van der Waals surface area contributed by atoms with Gasteiger partial charge in [-0.3, -0.25) is 10.1 Å². The van der Waals surface area contributed by atoms with Crippen LogP contribution in [0.2, 0.25) is 0 Å². The Morgan fingerprint density at radius 2 is 2.36 bits per heavy atom. The lowest BCUT2D eigenvalue weighted by atomic mass is 10.1. The molecular weight excluding hydrogens is 150 g/mol. The summed E-state index contributed by atoms with van der Waals surface area (Å²) in [7, 11) is 0. The Labute approximate surface area is 62.3 Å². The molecule has 0 radical (unpaired) electrons. The molecular formula is C6H7NO4. The van der Waals surface area contributed by atoms with E-state index in [0.29, 0.717) is 0 Å². The lowest BCUT2D eigenvalue weighted by Crippen LogP contribution is -2.31. The summed E-state index contributed by atoms with van der Waals surface area (Å²) in [6.07, 6.45) is -1.01. The Balaban J connectivity index is 2.86. The summed E-state index contributed by atoms with van der Waals surface area (Å²) in [5.74, 6) is 0.252. The number of carbonyl (C=O) groups excluding carboxylic acids is 1. The Morgan fingerprint density at radius 1 is 1.73 bits per heavy atom. The zero-order valence-electron chi connectivity index (χ0n) is 5.57. The third-order valence-electron chi connectivity index (χ3n) is 1.55. The minimum atomic E-state index is -1.17. The van der Waals surface area contributed by atoms with Crippen molar-refractivity contribution in [2.24, 2.45) is 0 Å². The molecule has 0 amide bonds. The van der Waals surface area contributed by atoms with Gasteiger partial charge in [0.05, 0.1) is 5.57 Å². The van der Waals surface area contributed by atoms with Crippen molar-refractivity contribution >= 4 is 11.9 Å². The molecule has 0 aromatic carbocycles. The molecule has 1 saturated heterocycles. The number of hydrogen-bond donors (Lipinski definition) is 3. The van der Waals surface area contributed by atoms with E-state index in [4.69, 9.17) is 10.2 Å². The van der Waals surface area contributed by atoms with E-state index in [9.17, 15) is 9.59 Å². The molecule has 1 aliphatic heterocycles. The van der Waals surface area contributed by atoms with Crippen LogP contribution in [-0.4, -0.2) is 40.8 Å². The first kappa shape index (κ1) is 7.94. The van der Waals surface area contributed by atoms with Crippen molar-refractivity contribution in [3.05, 3.63) is 5.57 Å². The third kappa shape index (κ3) is 1.30. The van der Waals surface area contributed by atoms with E-state index in [0.717, 1.165) is 0 Å². The van der Waals surface area contributed by atoms with Crippen molar-refractivity contribution in [1.82, 2.24) is 5.32 Å². The molecule has 0 saturated carbocycles. The third-order valence-corrected chi connectivity index (χ3v) is 1.55. The molecule has 2 atom stereocenters. The van der Waals surface area contributed by atoms with E-state index in [1.54, 1.807) is 0 Å². The molecule has 1 rings (SSSR count). The Morgan fingerprint density at radius 3 is 2.73 bits per heavy atom. The Bertz CT molecular complexity index is 231. The van der Waals surface area contributed by atoms with Crippen molar-refractivity contribution in [3.8, 4) is 0 Å². The summed E-state index contributed by atoms with van der Waals surface area (Å²) in [4.78, 5) is 20.5. The number of carboxylic acid groups (broad SMARTS) is 1. The molecule has 0 spiro atoms. The molecule has 5 nitrogen and oxygen atoms in total. The first-order valence-electron chi connectivity index (χ1n) is 3.06. The van der Waals surface area contributed by atoms with E-state index >= 15 is 0 Å². The number of hydrogen-bond acceptors (Lipinski definition) is 4. The Hall–Kier alpha value is -1.16. The molecule has 0 aliphatic carbocycles. The minimum absolute atomic E-state index is 0.0988. The van der Waals surface area contributed by atoms with Crippen LogP contribution in [0.25, 0.3) is 0 Å². The fourth-order valence-corrected chi connectivity index (χ4v) is 0.989. The highest BCUT2D eigenvalue weighted by Crippen LogP contribution is 2.11. The van der Waals surface area contributed by atoms with Gasteiger partial charge in [-0.2, -0.15) is 0 Å². The van der Waals surface area contributed by atoms with Crippen molar-refractivity contribution < 1.29 is 19.8 Å². The molecule has 1 aliphatic rings. The zero-order valence-corrected chi connectivity index (χ0v) is 5.57. The number of carbonyl (C=O) groups is 1. The SMILES string of the molecule is O=C=C1C(O)CN[C@@H]1C(=O)O. The minimum Gasteiger partial charge on any atom is -0.480 e. The number of β-amino-alcohol motifs (C(OH)–C–C–N with tert-alkyl or cyclic N) is 1. The number of aliphatic carboxylic acids is 1. The highest BCUT2D eigenvalue weighted by Gasteiger charge is 2.34. The summed E-state index contributed by atoms with van der Waals surface area (Å²) in [5, 5.41) is 19.9. The fourth-order valence-electron chi connectivity index (χ4n) is 0.989. The molecule has 0 aromatic heterocycles. The standard InChI is InChI=1S/C6H7NO4/c8-2-3-4(9)1-7-5(3)6(10)11/h4-5,7,9H,1H2,(H,10,11)/t4?,5-/m0/s1. The molecule has 1 unspecified atom stereocenters. The number of aliphatic hydroxyl groups is 1. The van der Waals surface area contributed by atoms with Crippen molar-refractivity contribution in [1.29, 1.82) is 0 Å². The fraction of sp³-hybridized carbons (Fsp3) is 0.500. The Kier molecular flexibility index (Phi) is 2.05. The smallest absolute Gasteiger partial charge is 0.325 e. The summed E-state index contributed by atoms with van der Waals surface area (Å²) >= 11 is 0. The predicted molar refractivity (Wildman–Crippen MR) is 34.6 cm³/mol. The van der Waals surface area contributed by atoms with Crippen LogP contribution in [0.3, 0.4) is 0 Å². The van der Waals surface area contributed by atoms with Gasteiger partial charge in [0.2, 0.25) is 0 Å². The van der Waals surface area contributed by atoms with Crippen LogP contribution in [0, 0.1) is 0 Å². The lowest BCUT2D eigenvalue weighted by molar-refractivity contribution is -0.138. The maximum Gasteiger partial charge on any atom is 0.325 e. The molecule has 0 aromatic rings. The molecule has 60 valence electrons. The second-order valence-electron chi connectivity index (χ2n) is 2.25. The van der Waals surface area contributed by atoms with Gasteiger partial charge < -0.3 is 10.2 Å². The topological polar surface area (TPSA) is 86.6 Å². The summed E-state index contributed by atoms with van der Waals surface area (Å²) in [6.45, 7) is 0.0988. The van der Waals surface area contributed by atoms with Crippen LogP contribution in [0.5, 0.6) is 0 Å². The molecule has 0 bridgehead atoms.